The minimum atomic E-state index is -4.00. The lowest BCUT2D eigenvalue weighted by Crippen LogP contribution is -2.39. The van der Waals surface area contributed by atoms with Crippen LogP contribution in [-0.2, 0) is 19.7 Å². The molecule has 0 saturated carbocycles. The molecule has 2 saturated heterocycles. The van der Waals surface area contributed by atoms with Crippen LogP contribution in [0.25, 0.3) is 10.9 Å². The van der Waals surface area contributed by atoms with Gasteiger partial charge in [-0.1, -0.05) is 0 Å². The third-order valence-corrected chi connectivity index (χ3v) is 6.10. The minimum absolute atomic E-state index is 0.0174. The van der Waals surface area contributed by atoms with Crippen LogP contribution < -0.4 is 14.3 Å². The number of ether oxygens (including phenoxy) is 1. The minimum Gasteiger partial charge on any atom is -0.506 e. The number of anilines is 2. The Morgan fingerprint density at radius 3 is 2.75 bits per heavy atom. The first-order valence-corrected chi connectivity index (χ1v) is 10.4. The number of benzene rings is 1. The Labute approximate surface area is 162 Å². The summed E-state index contributed by atoms with van der Waals surface area (Å²) in [7, 11) is -4.00. The summed E-state index contributed by atoms with van der Waals surface area (Å²) in [6.07, 6.45) is 0. The average molecular weight is 407 g/mol. The first-order valence-electron chi connectivity index (χ1n) is 8.93. The predicted molar refractivity (Wildman–Crippen MR) is 104 cm³/mol. The third-order valence-electron chi connectivity index (χ3n) is 4.71. The molecule has 2 aromatic rings. The van der Waals surface area contributed by atoms with Crippen molar-refractivity contribution in [2.45, 2.75) is 0 Å². The molecule has 0 radical (unpaired) electrons. The first-order chi connectivity index (χ1) is 13.4. The SMILES string of the molecule is O=C1CN(c2cc3nc(NCCN4CCOCC4)ccc3cc2O)S(=O)(=O)N1. The third kappa shape index (κ3) is 3.81. The van der Waals surface area contributed by atoms with Crippen molar-refractivity contribution in [3.63, 3.8) is 0 Å². The van der Waals surface area contributed by atoms with E-state index in [9.17, 15) is 18.3 Å². The Balaban J connectivity index is 1.53. The molecule has 3 heterocycles. The molecule has 2 fully saturated rings. The molecule has 2 aliphatic heterocycles. The first kappa shape index (κ1) is 18.7. The standard InChI is InChI=1S/C17H21N5O5S/c23-15-9-12-1-2-16(18-3-4-21-5-7-27-8-6-21)19-13(12)10-14(15)22-11-17(24)20-28(22,25)26/h1-2,9-10,23H,3-8,11H2,(H,18,19)(H,20,24). The van der Waals surface area contributed by atoms with Crippen molar-refractivity contribution in [1.82, 2.24) is 14.6 Å². The Hall–Kier alpha value is -2.63. The summed E-state index contributed by atoms with van der Waals surface area (Å²) in [5.74, 6) is -0.232. The zero-order valence-corrected chi connectivity index (χ0v) is 15.9. The molecule has 0 atom stereocenters. The molecule has 28 heavy (non-hydrogen) atoms. The van der Waals surface area contributed by atoms with Crippen molar-refractivity contribution >= 4 is 38.5 Å². The van der Waals surface area contributed by atoms with Crippen LogP contribution in [0.2, 0.25) is 0 Å². The van der Waals surface area contributed by atoms with Gasteiger partial charge in [-0.3, -0.25) is 9.69 Å². The fraction of sp³-hybridized carbons (Fsp3) is 0.412. The van der Waals surface area contributed by atoms with Crippen molar-refractivity contribution in [2.24, 2.45) is 0 Å². The van der Waals surface area contributed by atoms with Crippen LogP contribution in [0.3, 0.4) is 0 Å². The molecule has 2 aliphatic rings. The van der Waals surface area contributed by atoms with Gasteiger partial charge in [0.15, 0.2) is 0 Å². The topological polar surface area (TPSA) is 124 Å². The van der Waals surface area contributed by atoms with E-state index in [1.165, 1.54) is 12.1 Å². The number of rotatable bonds is 5. The number of hydrogen-bond acceptors (Lipinski definition) is 8. The van der Waals surface area contributed by atoms with Gasteiger partial charge in [-0.25, -0.2) is 14.0 Å². The van der Waals surface area contributed by atoms with E-state index in [0.29, 0.717) is 23.3 Å². The summed E-state index contributed by atoms with van der Waals surface area (Å²) in [5.41, 5.74) is 0.530. The van der Waals surface area contributed by atoms with E-state index in [1.54, 1.807) is 12.1 Å². The summed E-state index contributed by atoms with van der Waals surface area (Å²) in [6.45, 7) is 4.51. The molecule has 0 aliphatic carbocycles. The van der Waals surface area contributed by atoms with Gasteiger partial charge in [0.1, 0.15) is 18.1 Å². The smallest absolute Gasteiger partial charge is 0.326 e. The number of hydrogen-bond donors (Lipinski definition) is 3. The molecule has 4 rings (SSSR count). The lowest BCUT2D eigenvalue weighted by atomic mass is 10.2. The molecule has 0 bridgehead atoms. The summed E-state index contributed by atoms with van der Waals surface area (Å²) in [6, 6.07) is 6.51. The van der Waals surface area contributed by atoms with Crippen molar-refractivity contribution in [2.75, 3.05) is 55.6 Å². The normalized spacial score (nSPS) is 19.7. The Morgan fingerprint density at radius 2 is 2.04 bits per heavy atom. The van der Waals surface area contributed by atoms with Gasteiger partial charge in [0.2, 0.25) is 0 Å². The van der Waals surface area contributed by atoms with E-state index in [1.807, 2.05) is 4.72 Å². The van der Waals surface area contributed by atoms with Gasteiger partial charge in [0, 0.05) is 31.6 Å². The van der Waals surface area contributed by atoms with Crippen LogP contribution in [0.1, 0.15) is 0 Å². The van der Waals surface area contributed by atoms with E-state index in [2.05, 4.69) is 15.2 Å². The van der Waals surface area contributed by atoms with Gasteiger partial charge in [-0.2, -0.15) is 8.42 Å². The number of pyridine rings is 1. The fourth-order valence-corrected chi connectivity index (χ4v) is 4.43. The highest BCUT2D eigenvalue weighted by molar-refractivity contribution is 7.92. The molecule has 1 amide bonds. The Bertz CT molecular complexity index is 1010. The molecule has 0 spiro atoms. The zero-order chi connectivity index (χ0) is 19.7. The Morgan fingerprint density at radius 1 is 1.25 bits per heavy atom. The summed E-state index contributed by atoms with van der Waals surface area (Å²) in [5, 5.41) is 14.2. The number of aromatic nitrogens is 1. The summed E-state index contributed by atoms with van der Waals surface area (Å²) < 4.78 is 32.2. The zero-order valence-electron chi connectivity index (χ0n) is 15.1. The molecular weight excluding hydrogens is 386 g/mol. The lowest BCUT2D eigenvalue weighted by molar-refractivity contribution is -0.117. The molecular formula is C17H21N5O5S. The molecule has 1 aromatic heterocycles. The number of fused-ring (bicyclic) bond motifs is 1. The van der Waals surface area contributed by atoms with Gasteiger partial charge in [-0.05, 0) is 24.3 Å². The maximum absolute atomic E-state index is 12.1. The van der Waals surface area contributed by atoms with Crippen molar-refractivity contribution in [3.05, 3.63) is 24.3 Å². The van der Waals surface area contributed by atoms with Crippen molar-refractivity contribution in [3.8, 4) is 5.75 Å². The number of nitrogens with one attached hydrogen (secondary N) is 2. The number of phenolic OH excluding ortho intramolecular Hbond substituents is 1. The van der Waals surface area contributed by atoms with Crippen LogP contribution in [-0.4, -0.2) is 75.3 Å². The van der Waals surface area contributed by atoms with Crippen LogP contribution in [0.5, 0.6) is 5.75 Å². The molecule has 0 unspecified atom stereocenters. The number of nitrogens with zero attached hydrogens (tertiary/aromatic N) is 3. The van der Waals surface area contributed by atoms with Crippen molar-refractivity contribution < 1.29 is 23.1 Å². The lowest BCUT2D eigenvalue weighted by Gasteiger charge is -2.26. The van der Waals surface area contributed by atoms with Crippen molar-refractivity contribution in [1.29, 1.82) is 0 Å². The van der Waals surface area contributed by atoms with Crippen LogP contribution in [0, 0.1) is 0 Å². The second kappa shape index (κ2) is 7.41. The second-order valence-corrected chi connectivity index (χ2v) is 8.24. The highest BCUT2D eigenvalue weighted by atomic mass is 32.2. The number of phenols is 1. The van der Waals surface area contributed by atoms with Crippen LogP contribution in [0.15, 0.2) is 24.3 Å². The molecule has 1 aromatic carbocycles. The number of aromatic hydroxyl groups is 1. The van der Waals surface area contributed by atoms with E-state index >= 15 is 0 Å². The molecule has 10 nitrogen and oxygen atoms in total. The van der Waals surface area contributed by atoms with Gasteiger partial charge >= 0.3 is 10.2 Å². The van der Waals surface area contributed by atoms with Gasteiger partial charge < -0.3 is 15.2 Å². The number of carbonyl (C=O) groups excluding carboxylic acids is 1. The van der Waals surface area contributed by atoms with E-state index in [-0.39, 0.29) is 18.0 Å². The highest BCUT2D eigenvalue weighted by Gasteiger charge is 2.35. The van der Waals surface area contributed by atoms with Gasteiger partial charge in [0.05, 0.1) is 24.4 Å². The number of morpholine rings is 1. The quantitative estimate of drug-likeness (QED) is 0.626. The Kier molecular flexibility index (Phi) is 4.96. The second-order valence-electron chi connectivity index (χ2n) is 6.65. The largest absolute Gasteiger partial charge is 0.506 e. The predicted octanol–water partition coefficient (Wildman–Crippen LogP) is -0.134. The maximum atomic E-state index is 12.1. The fourth-order valence-electron chi connectivity index (χ4n) is 3.27. The van der Waals surface area contributed by atoms with Gasteiger partial charge in [-0.15, -0.1) is 0 Å². The molecule has 150 valence electrons. The monoisotopic (exact) mass is 407 g/mol. The molecule has 3 N–H and O–H groups in total. The van der Waals surface area contributed by atoms with Gasteiger partial charge in [0.25, 0.3) is 5.91 Å². The van der Waals surface area contributed by atoms with E-state index in [0.717, 1.165) is 37.2 Å². The number of amides is 1. The number of carbonyl (C=O) groups is 1. The van der Waals surface area contributed by atoms with Crippen LogP contribution >= 0.6 is 0 Å². The van der Waals surface area contributed by atoms with Crippen LogP contribution in [0.4, 0.5) is 11.5 Å². The molecule has 11 heteroatoms. The maximum Gasteiger partial charge on any atom is 0.326 e. The van der Waals surface area contributed by atoms with E-state index < -0.39 is 16.1 Å². The summed E-state index contributed by atoms with van der Waals surface area (Å²) in [4.78, 5) is 18.3. The average Bonchev–Trinajstić information content (AvgIpc) is 2.94. The summed E-state index contributed by atoms with van der Waals surface area (Å²) >= 11 is 0. The highest BCUT2D eigenvalue weighted by Crippen LogP contribution is 2.34. The van der Waals surface area contributed by atoms with E-state index in [4.69, 9.17) is 4.74 Å².